The van der Waals surface area contributed by atoms with Gasteiger partial charge in [-0.25, -0.2) is 8.51 Å². The van der Waals surface area contributed by atoms with Crippen LogP contribution in [0.1, 0.15) is 58.1 Å². The molecule has 24 heavy (non-hydrogen) atoms. The monoisotopic (exact) mass is 412 g/mol. The molecule has 1 unspecified atom stereocenters. The SMILES string of the molecule is CC(C)(C)S(=O)N1[C@H](CCN=[N+]=[N-])CCC[C@H]1c1ccc(Br)cc1. The number of azide groups is 1. The second-order valence-electron chi connectivity index (χ2n) is 7.12. The van der Waals surface area contributed by atoms with E-state index in [2.05, 4.69) is 42.4 Å². The van der Waals surface area contributed by atoms with Crippen LogP contribution >= 0.6 is 15.9 Å². The second kappa shape index (κ2) is 8.48. The van der Waals surface area contributed by atoms with Crippen LogP contribution in [0.5, 0.6) is 0 Å². The highest BCUT2D eigenvalue weighted by atomic mass is 79.9. The van der Waals surface area contributed by atoms with Gasteiger partial charge in [-0.1, -0.05) is 33.2 Å². The van der Waals surface area contributed by atoms with Gasteiger partial charge in [-0.15, -0.1) is 0 Å². The van der Waals surface area contributed by atoms with Gasteiger partial charge in [0.15, 0.2) is 0 Å². The predicted octanol–water partition coefficient (Wildman–Crippen LogP) is 5.51. The maximum absolute atomic E-state index is 13.2. The standard InChI is InChI=1S/C17H25BrN4OS/c1-17(2,3)24(23)22-15(11-12-20-21-19)5-4-6-16(22)13-7-9-14(18)10-8-13/h7-10,15-16H,4-6,11-12H2,1-3H3/t15-,16-,24?/m0/s1. The summed E-state index contributed by atoms with van der Waals surface area (Å²) in [4.78, 5) is 2.85. The molecule has 0 N–H and O–H groups in total. The van der Waals surface area contributed by atoms with Crippen molar-refractivity contribution in [1.82, 2.24) is 4.31 Å². The molecular formula is C17H25BrN4OS. The first-order valence-corrected chi connectivity index (χ1v) is 10.2. The molecule has 1 aromatic rings. The van der Waals surface area contributed by atoms with Crippen molar-refractivity contribution in [2.45, 2.75) is 63.3 Å². The Balaban J connectivity index is 2.33. The van der Waals surface area contributed by atoms with Crippen molar-refractivity contribution in [1.29, 1.82) is 0 Å². The first-order valence-electron chi connectivity index (χ1n) is 8.31. The van der Waals surface area contributed by atoms with Crippen LogP contribution in [-0.2, 0) is 11.0 Å². The predicted molar refractivity (Wildman–Crippen MR) is 103 cm³/mol. The van der Waals surface area contributed by atoms with Gasteiger partial charge >= 0.3 is 0 Å². The highest BCUT2D eigenvalue weighted by Crippen LogP contribution is 2.39. The molecule has 0 aromatic heterocycles. The van der Waals surface area contributed by atoms with Gasteiger partial charge in [0.2, 0.25) is 0 Å². The number of piperidine rings is 1. The van der Waals surface area contributed by atoms with Gasteiger partial charge in [-0.2, -0.15) is 0 Å². The zero-order valence-electron chi connectivity index (χ0n) is 14.5. The Morgan fingerprint density at radius 1 is 1.33 bits per heavy atom. The van der Waals surface area contributed by atoms with E-state index in [9.17, 15) is 4.21 Å². The molecule has 1 heterocycles. The summed E-state index contributed by atoms with van der Waals surface area (Å²) >= 11 is 3.48. The summed E-state index contributed by atoms with van der Waals surface area (Å²) in [5, 5.41) is 3.68. The molecule has 0 saturated carbocycles. The summed E-state index contributed by atoms with van der Waals surface area (Å²) in [6, 6.07) is 8.62. The van der Waals surface area contributed by atoms with Crippen molar-refractivity contribution in [3.63, 3.8) is 0 Å². The van der Waals surface area contributed by atoms with Gasteiger partial charge < -0.3 is 0 Å². The number of rotatable bonds is 5. The minimum Gasteiger partial charge on any atom is -0.242 e. The molecule has 132 valence electrons. The van der Waals surface area contributed by atoms with E-state index in [1.54, 1.807) is 0 Å². The lowest BCUT2D eigenvalue weighted by atomic mass is 9.92. The van der Waals surface area contributed by atoms with Gasteiger partial charge in [0.1, 0.15) is 11.0 Å². The maximum atomic E-state index is 13.2. The third-order valence-electron chi connectivity index (χ3n) is 4.28. The highest BCUT2D eigenvalue weighted by molar-refractivity contribution is 9.10. The van der Waals surface area contributed by atoms with Crippen LogP contribution in [0.25, 0.3) is 10.4 Å². The Labute approximate surface area is 155 Å². The van der Waals surface area contributed by atoms with E-state index in [4.69, 9.17) is 5.53 Å². The number of nitrogens with zero attached hydrogens (tertiary/aromatic N) is 4. The summed E-state index contributed by atoms with van der Waals surface area (Å²) in [6.07, 6.45) is 3.84. The van der Waals surface area contributed by atoms with Crippen molar-refractivity contribution in [3.8, 4) is 0 Å². The number of benzene rings is 1. The van der Waals surface area contributed by atoms with Crippen molar-refractivity contribution >= 4 is 26.9 Å². The lowest BCUT2D eigenvalue weighted by Crippen LogP contribution is -2.48. The van der Waals surface area contributed by atoms with Crippen molar-refractivity contribution in [2.24, 2.45) is 5.11 Å². The van der Waals surface area contributed by atoms with Crippen LogP contribution < -0.4 is 0 Å². The van der Waals surface area contributed by atoms with E-state index in [0.717, 1.165) is 30.2 Å². The molecular weight excluding hydrogens is 388 g/mol. The van der Waals surface area contributed by atoms with E-state index >= 15 is 0 Å². The minimum atomic E-state index is -1.11. The Bertz CT molecular complexity index is 622. The van der Waals surface area contributed by atoms with Crippen LogP contribution in [0, 0.1) is 0 Å². The van der Waals surface area contributed by atoms with Gasteiger partial charge in [0.05, 0.1) is 4.75 Å². The highest BCUT2D eigenvalue weighted by Gasteiger charge is 2.39. The first-order chi connectivity index (χ1) is 11.3. The van der Waals surface area contributed by atoms with E-state index in [1.807, 2.05) is 32.9 Å². The molecule has 7 heteroatoms. The van der Waals surface area contributed by atoms with E-state index in [-0.39, 0.29) is 16.8 Å². The number of halogens is 1. The first kappa shape index (κ1) is 19.4. The van der Waals surface area contributed by atoms with E-state index in [1.165, 1.54) is 5.56 Å². The lowest BCUT2D eigenvalue weighted by molar-refractivity contribution is 0.180. The largest absolute Gasteiger partial charge is 0.242 e. The average Bonchev–Trinajstić information content (AvgIpc) is 2.54. The minimum absolute atomic E-state index is 0.142. The maximum Gasteiger partial charge on any atom is 0.101 e. The molecule has 0 spiro atoms. The van der Waals surface area contributed by atoms with Crippen LogP contribution in [0.3, 0.4) is 0 Å². The normalized spacial score (nSPS) is 23.5. The van der Waals surface area contributed by atoms with Crippen molar-refractivity contribution in [3.05, 3.63) is 44.7 Å². The van der Waals surface area contributed by atoms with Crippen LogP contribution in [0.15, 0.2) is 33.9 Å². The molecule has 0 amide bonds. The molecule has 1 aromatic carbocycles. The Kier molecular flexibility index (Phi) is 6.87. The molecule has 1 saturated heterocycles. The molecule has 1 aliphatic heterocycles. The van der Waals surface area contributed by atoms with Crippen LogP contribution in [0.2, 0.25) is 0 Å². The fraction of sp³-hybridized carbons (Fsp3) is 0.647. The third-order valence-corrected chi connectivity index (χ3v) is 6.79. The van der Waals surface area contributed by atoms with E-state index in [0.29, 0.717) is 6.54 Å². The van der Waals surface area contributed by atoms with Crippen molar-refractivity contribution in [2.75, 3.05) is 6.54 Å². The summed E-state index contributed by atoms with van der Waals surface area (Å²) in [7, 11) is -1.11. The quantitative estimate of drug-likeness (QED) is 0.357. The van der Waals surface area contributed by atoms with Gasteiger partial charge in [-0.3, -0.25) is 0 Å². The third kappa shape index (κ3) is 4.82. The Hall–Kier alpha value is -0.880. The molecule has 0 radical (unpaired) electrons. The van der Waals surface area contributed by atoms with Crippen LogP contribution in [-0.4, -0.2) is 25.8 Å². The van der Waals surface area contributed by atoms with Gasteiger partial charge in [0.25, 0.3) is 0 Å². The topological polar surface area (TPSA) is 69.1 Å². The van der Waals surface area contributed by atoms with Gasteiger partial charge in [0, 0.05) is 28.0 Å². The summed E-state index contributed by atoms with van der Waals surface area (Å²) in [6.45, 7) is 6.49. The molecule has 5 nitrogen and oxygen atoms in total. The molecule has 1 fully saturated rings. The average molecular weight is 413 g/mol. The summed E-state index contributed by atoms with van der Waals surface area (Å²) < 4.78 is 16.1. The zero-order valence-corrected chi connectivity index (χ0v) is 16.9. The lowest BCUT2D eigenvalue weighted by Gasteiger charge is -2.44. The fourth-order valence-electron chi connectivity index (χ4n) is 3.14. The smallest absolute Gasteiger partial charge is 0.101 e. The molecule has 1 aliphatic rings. The molecule has 0 bridgehead atoms. The Morgan fingerprint density at radius 2 is 2.00 bits per heavy atom. The van der Waals surface area contributed by atoms with Crippen LogP contribution in [0.4, 0.5) is 0 Å². The summed E-state index contributed by atoms with van der Waals surface area (Å²) in [5.74, 6) is 0. The van der Waals surface area contributed by atoms with Gasteiger partial charge in [-0.05, 0) is 69.7 Å². The number of hydrogen-bond acceptors (Lipinski definition) is 2. The van der Waals surface area contributed by atoms with Crippen molar-refractivity contribution < 1.29 is 4.21 Å². The molecule has 3 atom stereocenters. The second-order valence-corrected chi connectivity index (χ2v) is 10.2. The molecule has 2 rings (SSSR count). The zero-order chi connectivity index (χ0) is 17.7. The molecule has 0 aliphatic carbocycles. The van der Waals surface area contributed by atoms with E-state index < -0.39 is 11.0 Å². The Morgan fingerprint density at radius 3 is 2.58 bits per heavy atom. The fourth-order valence-corrected chi connectivity index (χ4v) is 4.98. The number of hydrogen-bond donors (Lipinski definition) is 0. The summed E-state index contributed by atoms with van der Waals surface area (Å²) in [5.41, 5.74) is 9.73.